The number of thiophene rings is 1. The first-order valence-corrected chi connectivity index (χ1v) is 9.22. The summed E-state index contributed by atoms with van der Waals surface area (Å²) in [7, 11) is 5.99. The molecule has 2 N–H and O–H groups in total. The van der Waals surface area contributed by atoms with E-state index in [0.717, 1.165) is 25.6 Å². The summed E-state index contributed by atoms with van der Waals surface area (Å²) in [5.74, 6) is 1.31. The second-order valence-corrected chi connectivity index (χ2v) is 7.10. The average molecular weight is 472 g/mol. The fourth-order valence-electron chi connectivity index (χ4n) is 2.53. The first kappa shape index (κ1) is 21.9. The molecule has 4 nitrogen and oxygen atoms in total. The summed E-state index contributed by atoms with van der Waals surface area (Å²) in [6.07, 6.45) is 0. The number of guanidine groups is 1. The third-order valence-corrected chi connectivity index (χ3v) is 4.56. The Kier molecular flexibility index (Phi) is 10.1. The molecule has 0 radical (unpaired) electrons. The van der Waals surface area contributed by atoms with Crippen molar-refractivity contribution in [2.45, 2.75) is 25.9 Å². The number of aliphatic imine (C=N–C) groups is 1. The monoisotopic (exact) mass is 472 g/mol. The molecule has 0 aliphatic carbocycles. The van der Waals surface area contributed by atoms with Crippen LogP contribution in [0, 0.1) is 0 Å². The molecule has 138 valence electrons. The zero-order chi connectivity index (χ0) is 17.4. The molecule has 0 saturated carbocycles. The highest BCUT2D eigenvalue weighted by Crippen LogP contribution is 2.17. The van der Waals surface area contributed by atoms with Crippen LogP contribution in [-0.4, -0.2) is 38.5 Å². The third-order valence-electron chi connectivity index (χ3n) is 3.86. The molecule has 1 atom stereocenters. The van der Waals surface area contributed by atoms with Gasteiger partial charge in [-0.2, -0.15) is 11.3 Å². The molecule has 0 aliphatic rings. The number of rotatable bonds is 7. The summed E-state index contributed by atoms with van der Waals surface area (Å²) in [6, 6.07) is 10.9. The minimum Gasteiger partial charge on any atom is -0.356 e. The molecule has 2 rings (SSSR count). The van der Waals surface area contributed by atoms with Crippen molar-refractivity contribution in [3.8, 4) is 0 Å². The Bertz CT molecular complexity index is 641. The molecule has 25 heavy (non-hydrogen) atoms. The van der Waals surface area contributed by atoms with E-state index >= 15 is 0 Å². The van der Waals surface area contributed by atoms with Crippen LogP contribution in [0.3, 0.4) is 0 Å². The highest BCUT2D eigenvalue weighted by Gasteiger charge is 2.07. The molecule has 0 amide bonds. The quantitative estimate of drug-likeness (QED) is 0.365. The van der Waals surface area contributed by atoms with Gasteiger partial charge in [-0.05, 0) is 53.5 Å². The topological polar surface area (TPSA) is 39.7 Å². The van der Waals surface area contributed by atoms with Crippen LogP contribution in [0.4, 0.5) is 0 Å². The van der Waals surface area contributed by atoms with Crippen LogP contribution in [-0.2, 0) is 13.1 Å². The minimum atomic E-state index is 0. The predicted molar refractivity (Wildman–Crippen MR) is 120 cm³/mol. The summed E-state index contributed by atoms with van der Waals surface area (Å²) in [5.41, 5.74) is 3.97. The van der Waals surface area contributed by atoms with Crippen molar-refractivity contribution in [2.75, 3.05) is 27.7 Å². The Morgan fingerprint density at radius 1 is 1.20 bits per heavy atom. The van der Waals surface area contributed by atoms with Crippen LogP contribution < -0.4 is 10.6 Å². The fourth-order valence-corrected chi connectivity index (χ4v) is 3.31. The van der Waals surface area contributed by atoms with Crippen molar-refractivity contribution in [1.29, 1.82) is 0 Å². The first-order chi connectivity index (χ1) is 11.6. The molecule has 1 aromatic heterocycles. The molecule has 1 aromatic carbocycles. The van der Waals surface area contributed by atoms with E-state index in [0.29, 0.717) is 5.92 Å². The van der Waals surface area contributed by atoms with Gasteiger partial charge in [-0.25, -0.2) is 0 Å². The molecule has 0 saturated heterocycles. The number of hydrogen-bond acceptors (Lipinski definition) is 3. The van der Waals surface area contributed by atoms with Gasteiger partial charge in [0, 0.05) is 26.7 Å². The standard InChI is InChI=1S/C19H28N4S.HI/c1-15(18-8-9-24-14-18)11-21-19(20-2)22-12-16-6-5-7-17(10-16)13-23(3)4;/h5-10,14-15H,11-13H2,1-4H3,(H2,20,21,22);1H. The van der Waals surface area contributed by atoms with Gasteiger partial charge in [0.25, 0.3) is 0 Å². The molecule has 1 unspecified atom stereocenters. The largest absolute Gasteiger partial charge is 0.356 e. The summed E-state index contributed by atoms with van der Waals surface area (Å²) in [6.45, 7) is 4.83. The van der Waals surface area contributed by atoms with Crippen LogP contribution in [0.2, 0.25) is 0 Å². The van der Waals surface area contributed by atoms with Gasteiger partial charge in [-0.3, -0.25) is 4.99 Å². The van der Waals surface area contributed by atoms with Crippen molar-refractivity contribution in [3.05, 3.63) is 57.8 Å². The van der Waals surface area contributed by atoms with Crippen LogP contribution in [0.1, 0.15) is 29.5 Å². The zero-order valence-electron chi connectivity index (χ0n) is 15.5. The van der Waals surface area contributed by atoms with E-state index in [4.69, 9.17) is 0 Å². The maximum Gasteiger partial charge on any atom is 0.191 e. The minimum absolute atomic E-state index is 0. The number of nitrogens with zero attached hydrogens (tertiary/aromatic N) is 2. The smallest absolute Gasteiger partial charge is 0.191 e. The first-order valence-electron chi connectivity index (χ1n) is 8.27. The second kappa shape index (κ2) is 11.5. The Morgan fingerprint density at radius 2 is 1.96 bits per heavy atom. The van der Waals surface area contributed by atoms with Crippen molar-refractivity contribution in [3.63, 3.8) is 0 Å². The molecule has 6 heteroatoms. The predicted octanol–water partition coefficient (Wildman–Crippen LogP) is 3.90. The van der Waals surface area contributed by atoms with Crippen molar-refractivity contribution < 1.29 is 0 Å². The van der Waals surface area contributed by atoms with Crippen molar-refractivity contribution in [2.24, 2.45) is 4.99 Å². The molecule has 0 aliphatic heterocycles. The molecule has 2 aromatic rings. The van der Waals surface area contributed by atoms with E-state index in [-0.39, 0.29) is 24.0 Å². The maximum atomic E-state index is 4.32. The third kappa shape index (κ3) is 7.75. The lowest BCUT2D eigenvalue weighted by Crippen LogP contribution is -2.38. The SMILES string of the molecule is CN=C(NCc1cccc(CN(C)C)c1)NCC(C)c1ccsc1.I. The van der Waals surface area contributed by atoms with E-state index in [1.54, 1.807) is 11.3 Å². The molecular weight excluding hydrogens is 443 g/mol. The normalized spacial score (nSPS) is 12.6. The van der Waals surface area contributed by atoms with Gasteiger partial charge >= 0.3 is 0 Å². The molecule has 0 fully saturated rings. The van der Waals surface area contributed by atoms with E-state index < -0.39 is 0 Å². The Balaban J connectivity index is 0.00000312. The molecule has 0 spiro atoms. The van der Waals surface area contributed by atoms with Gasteiger partial charge in [0.1, 0.15) is 0 Å². The van der Waals surface area contributed by atoms with E-state index in [1.807, 2.05) is 7.05 Å². The highest BCUT2D eigenvalue weighted by atomic mass is 127. The fraction of sp³-hybridized carbons (Fsp3) is 0.421. The van der Waals surface area contributed by atoms with E-state index in [9.17, 15) is 0 Å². The van der Waals surface area contributed by atoms with Gasteiger partial charge < -0.3 is 15.5 Å². The van der Waals surface area contributed by atoms with Crippen molar-refractivity contribution in [1.82, 2.24) is 15.5 Å². The Labute approximate surface area is 172 Å². The number of nitrogens with one attached hydrogen (secondary N) is 2. The van der Waals surface area contributed by atoms with Gasteiger partial charge in [-0.1, -0.05) is 31.2 Å². The van der Waals surface area contributed by atoms with Crippen LogP contribution in [0.25, 0.3) is 0 Å². The Morgan fingerprint density at radius 3 is 2.60 bits per heavy atom. The lowest BCUT2D eigenvalue weighted by atomic mass is 10.1. The molecule has 1 heterocycles. The highest BCUT2D eigenvalue weighted by molar-refractivity contribution is 14.0. The van der Waals surface area contributed by atoms with Crippen molar-refractivity contribution >= 4 is 41.3 Å². The summed E-state index contributed by atoms with van der Waals surface area (Å²) in [5, 5.41) is 11.1. The lowest BCUT2D eigenvalue weighted by molar-refractivity contribution is 0.402. The summed E-state index contributed by atoms with van der Waals surface area (Å²) < 4.78 is 0. The van der Waals surface area contributed by atoms with Crippen LogP contribution >= 0.6 is 35.3 Å². The van der Waals surface area contributed by atoms with E-state index in [1.165, 1.54) is 16.7 Å². The van der Waals surface area contributed by atoms with E-state index in [2.05, 4.69) is 82.6 Å². The average Bonchev–Trinajstić information content (AvgIpc) is 3.09. The summed E-state index contributed by atoms with van der Waals surface area (Å²) in [4.78, 5) is 6.50. The van der Waals surface area contributed by atoms with Crippen LogP contribution in [0.5, 0.6) is 0 Å². The zero-order valence-corrected chi connectivity index (χ0v) is 18.6. The van der Waals surface area contributed by atoms with Gasteiger partial charge in [0.2, 0.25) is 0 Å². The Hall–Kier alpha value is -1.12. The molecular formula is C19H29IN4S. The number of halogens is 1. The number of benzene rings is 1. The van der Waals surface area contributed by atoms with Gasteiger partial charge in [0.05, 0.1) is 0 Å². The van der Waals surface area contributed by atoms with Gasteiger partial charge in [0.15, 0.2) is 5.96 Å². The van der Waals surface area contributed by atoms with Crippen LogP contribution in [0.15, 0.2) is 46.1 Å². The molecule has 0 bridgehead atoms. The second-order valence-electron chi connectivity index (χ2n) is 6.32. The van der Waals surface area contributed by atoms with Gasteiger partial charge in [-0.15, -0.1) is 24.0 Å². The number of hydrogen-bond donors (Lipinski definition) is 2. The maximum absolute atomic E-state index is 4.32. The lowest BCUT2D eigenvalue weighted by Gasteiger charge is -2.16. The summed E-state index contributed by atoms with van der Waals surface area (Å²) >= 11 is 1.74.